The third kappa shape index (κ3) is 3.95. The van der Waals surface area contributed by atoms with Crippen LogP contribution in [0.2, 0.25) is 0 Å². The fraction of sp³-hybridized carbons (Fsp3) is 0.632. The van der Waals surface area contributed by atoms with Gasteiger partial charge in [0.25, 0.3) is 0 Å². The monoisotopic (exact) mass is 390 g/mol. The topological polar surface area (TPSA) is 81.8 Å². The molecule has 8 heteroatoms. The average Bonchev–Trinajstić information content (AvgIpc) is 3.19. The molecule has 0 bridgehead atoms. The molecule has 2 atom stereocenters. The third-order valence-corrected chi connectivity index (χ3v) is 6.68. The molecule has 2 saturated heterocycles. The van der Waals surface area contributed by atoms with E-state index in [1.807, 2.05) is 17.5 Å². The highest BCUT2D eigenvalue weighted by Crippen LogP contribution is 2.21. The van der Waals surface area contributed by atoms with Crippen molar-refractivity contribution in [3.05, 3.63) is 22.4 Å². The third-order valence-electron chi connectivity index (χ3n) is 5.79. The van der Waals surface area contributed by atoms with Crippen molar-refractivity contribution in [3.63, 3.8) is 0 Å². The summed E-state index contributed by atoms with van der Waals surface area (Å²) in [6.07, 6.45) is 6.13. The Morgan fingerprint density at radius 2 is 2.04 bits per heavy atom. The van der Waals surface area contributed by atoms with Gasteiger partial charge in [-0.25, -0.2) is 4.79 Å². The molecule has 4 amide bonds. The van der Waals surface area contributed by atoms with E-state index in [1.165, 1.54) is 6.42 Å². The minimum atomic E-state index is -0.581. The average molecular weight is 391 g/mol. The van der Waals surface area contributed by atoms with Crippen molar-refractivity contribution in [2.75, 3.05) is 19.6 Å². The molecule has 2 N–H and O–H groups in total. The second-order valence-corrected chi connectivity index (χ2v) is 8.65. The lowest BCUT2D eigenvalue weighted by Crippen LogP contribution is -2.70. The SMILES string of the molecule is O=C1N[C@H](Cc2cccs2)C(=O)N2CCN(C(=O)NC3CCCCC3)C[C@H]12. The number of carbonyl (C=O) groups excluding carboxylic acids is 3. The van der Waals surface area contributed by atoms with Crippen molar-refractivity contribution in [2.24, 2.45) is 0 Å². The summed E-state index contributed by atoms with van der Waals surface area (Å²) in [5, 5.41) is 7.93. The minimum absolute atomic E-state index is 0.0414. The summed E-state index contributed by atoms with van der Waals surface area (Å²) in [5.41, 5.74) is 0. The number of amides is 4. The quantitative estimate of drug-likeness (QED) is 0.817. The molecular formula is C19H26N4O3S. The molecule has 3 heterocycles. The van der Waals surface area contributed by atoms with Gasteiger partial charge < -0.3 is 20.4 Å². The molecule has 0 radical (unpaired) electrons. The predicted octanol–water partition coefficient (Wildman–Crippen LogP) is 1.34. The van der Waals surface area contributed by atoms with Crippen LogP contribution < -0.4 is 10.6 Å². The maximum Gasteiger partial charge on any atom is 0.317 e. The van der Waals surface area contributed by atoms with Gasteiger partial charge in [0.05, 0.1) is 6.54 Å². The Labute approximate surface area is 163 Å². The smallest absolute Gasteiger partial charge is 0.317 e. The number of thiophene rings is 1. The highest BCUT2D eigenvalue weighted by Gasteiger charge is 2.44. The molecule has 1 aromatic heterocycles. The Morgan fingerprint density at radius 3 is 2.78 bits per heavy atom. The van der Waals surface area contributed by atoms with E-state index in [0.717, 1.165) is 30.6 Å². The summed E-state index contributed by atoms with van der Waals surface area (Å²) < 4.78 is 0. The van der Waals surface area contributed by atoms with Gasteiger partial charge in [-0.05, 0) is 24.3 Å². The van der Waals surface area contributed by atoms with E-state index in [4.69, 9.17) is 0 Å². The molecule has 0 unspecified atom stereocenters. The second kappa shape index (κ2) is 7.88. The first-order valence-corrected chi connectivity index (χ1v) is 10.7. The molecule has 1 saturated carbocycles. The van der Waals surface area contributed by atoms with Gasteiger partial charge in [-0.15, -0.1) is 11.3 Å². The van der Waals surface area contributed by atoms with Gasteiger partial charge in [0.1, 0.15) is 12.1 Å². The number of nitrogens with zero attached hydrogens (tertiary/aromatic N) is 2. The van der Waals surface area contributed by atoms with E-state index in [1.54, 1.807) is 21.1 Å². The van der Waals surface area contributed by atoms with Crippen LogP contribution in [0.4, 0.5) is 4.79 Å². The van der Waals surface area contributed by atoms with Crippen LogP contribution in [0.1, 0.15) is 37.0 Å². The number of carbonyl (C=O) groups is 3. The number of nitrogens with one attached hydrogen (secondary N) is 2. The lowest BCUT2D eigenvalue weighted by Gasteiger charge is -2.45. The van der Waals surface area contributed by atoms with E-state index in [2.05, 4.69) is 10.6 Å². The standard InChI is InChI=1S/C19H26N4O3S/c24-17-16-12-22(19(26)20-13-5-2-1-3-6-13)8-9-23(16)18(25)15(21-17)11-14-7-4-10-27-14/h4,7,10,13,15-16H,1-3,5-6,8-9,11-12H2,(H,20,26)(H,21,24)/t15-,16-/m1/s1. The first-order valence-electron chi connectivity index (χ1n) is 9.80. The molecule has 0 aromatic carbocycles. The Balaban J connectivity index is 1.36. The highest BCUT2D eigenvalue weighted by molar-refractivity contribution is 7.09. The normalized spacial score (nSPS) is 26.5. The van der Waals surface area contributed by atoms with Gasteiger partial charge in [-0.1, -0.05) is 25.3 Å². The molecule has 1 aromatic rings. The van der Waals surface area contributed by atoms with Crippen molar-refractivity contribution in [3.8, 4) is 0 Å². The molecule has 3 aliphatic rings. The van der Waals surface area contributed by atoms with Crippen molar-refractivity contribution in [1.82, 2.24) is 20.4 Å². The van der Waals surface area contributed by atoms with Gasteiger partial charge in [-0.3, -0.25) is 9.59 Å². The van der Waals surface area contributed by atoms with Crippen LogP contribution in [0, 0.1) is 0 Å². The Kier molecular flexibility index (Phi) is 5.33. The molecule has 3 fully saturated rings. The van der Waals surface area contributed by atoms with E-state index >= 15 is 0 Å². The molecule has 7 nitrogen and oxygen atoms in total. The summed E-state index contributed by atoms with van der Waals surface area (Å²) >= 11 is 1.59. The van der Waals surface area contributed by atoms with Crippen LogP contribution in [-0.4, -0.2) is 65.4 Å². The fourth-order valence-electron chi connectivity index (χ4n) is 4.27. The van der Waals surface area contributed by atoms with Crippen LogP contribution in [0.3, 0.4) is 0 Å². The zero-order valence-corrected chi connectivity index (χ0v) is 16.2. The summed E-state index contributed by atoms with van der Waals surface area (Å²) in [6.45, 7) is 1.15. The molecule has 4 rings (SSSR count). The van der Waals surface area contributed by atoms with E-state index < -0.39 is 12.1 Å². The number of hydrogen-bond acceptors (Lipinski definition) is 4. The molecule has 146 valence electrons. The van der Waals surface area contributed by atoms with Gasteiger partial charge >= 0.3 is 6.03 Å². The van der Waals surface area contributed by atoms with E-state index in [9.17, 15) is 14.4 Å². The molecular weight excluding hydrogens is 364 g/mol. The maximum absolute atomic E-state index is 12.8. The summed E-state index contributed by atoms with van der Waals surface area (Å²) in [7, 11) is 0. The highest BCUT2D eigenvalue weighted by atomic mass is 32.1. The van der Waals surface area contributed by atoms with Crippen molar-refractivity contribution in [2.45, 2.75) is 56.7 Å². The lowest BCUT2D eigenvalue weighted by molar-refractivity contribution is -0.152. The number of fused-ring (bicyclic) bond motifs is 1. The zero-order chi connectivity index (χ0) is 18.8. The first kappa shape index (κ1) is 18.3. The molecule has 27 heavy (non-hydrogen) atoms. The van der Waals surface area contributed by atoms with E-state index in [-0.39, 0.29) is 30.4 Å². The van der Waals surface area contributed by atoms with Crippen LogP contribution in [0.25, 0.3) is 0 Å². The van der Waals surface area contributed by atoms with Crippen molar-refractivity contribution in [1.29, 1.82) is 0 Å². The van der Waals surface area contributed by atoms with Gasteiger partial charge in [0, 0.05) is 30.4 Å². The van der Waals surface area contributed by atoms with Crippen LogP contribution in [0.5, 0.6) is 0 Å². The van der Waals surface area contributed by atoms with Crippen molar-refractivity contribution >= 4 is 29.2 Å². The van der Waals surface area contributed by atoms with Crippen molar-refractivity contribution < 1.29 is 14.4 Å². The number of urea groups is 1. The number of rotatable bonds is 3. The van der Waals surface area contributed by atoms with Gasteiger partial charge in [0.2, 0.25) is 11.8 Å². The largest absolute Gasteiger partial charge is 0.342 e. The number of piperazine rings is 2. The summed E-state index contributed by atoms with van der Waals surface area (Å²) in [6, 6.07) is 2.97. The first-order chi connectivity index (χ1) is 13.1. The molecule has 2 aliphatic heterocycles. The van der Waals surface area contributed by atoms with Crippen LogP contribution >= 0.6 is 11.3 Å². The zero-order valence-electron chi connectivity index (χ0n) is 15.4. The van der Waals surface area contributed by atoms with Crippen LogP contribution in [0.15, 0.2) is 17.5 Å². The summed E-state index contributed by atoms with van der Waals surface area (Å²) in [5.74, 6) is -0.202. The fourth-order valence-corrected chi connectivity index (χ4v) is 5.02. The molecule has 1 aliphatic carbocycles. The minimum Gasteiger partial charge on any atom is -0.342 e. The summed E-state index contributed by atoms with van der Waals surface area (Å²) in [4.78, 5) is 42.4. The molecule has 0 spiro atoms. The van der Waals surface area contributed by atoms with E-state index in [0.29, 0.717) is 19.5 Å². The Hall–Kier alpha value is -2.09. The predicted molar refractivity (Wildman–Crippen MR) is 102 cm³/mol. The second-order valence-electron chi connectivity index (χ2n) is 7.62. The lowest BCUT2D eigenvalue weighted by atomic mass is 9.95. The number of hydrogen-bond donors (Lipinski definition) is 2. The Bertz CT molecular complexity index is 702. The van der Waals surface area contributed by atoms with Gasteiger partial charge in [0.15, 0.2) is 0 Å². The van der Waals surface area contributed by atoms with Gasteiger partial charge in [-0.2, -0.15) is 0 Å². The Morgan fingerprint density at radius 1 is 1.22 bits per heavy atom. The maximum atomic E-state index is 12.8. The van der Waals surface area contributed by atoms with Crippen LogP contribution in [-0.2, 0) is 16.0 Å².